The van der Waals surface area contributed by atoms with Crippen LogP contribution in [0.15, 0.2) is 91.8 Å². The molecule has 0 bridgehead atoms. The molecule has 34 heavy (non-hydrogen) atoms. The van der Waals surface area contributed by atoms with Gasteiger partial charge in [0.1, 0.15) is 12.7 Å². The normalized spacial score (nSPS) is 14.0. The van der Waals surface area contributed by atoms with Gasteiger partial charge in [-0.3, -0.25) is 19.1 Å². The number of benzene rings is 3. The first-order chi connectivity index (χ1) is 16.6. The minimum atomic E-state index is -0.414. The first-order valence-electron chi connectivity index (χ1n) is 10.9. The lowest BCUT2D eigenvalue weighted by Crippen LogP contribution is -2.32. The molecule has 2 amide bonds. The van der Waals surface area contributed by atoms with Crippen molar-refractivity contribution < 1.29 is 9.59 Å². The molecule has 1 unspecified atom stereocenters. The minimum Gasteiger partial charge on any atom is -0.299 e. The number of imide groups is 1. The molecule has 0 radical (unpaired) electrons. The Morgan fingerprint density at radius 2 is 1.53 bits per heavy atom. The van der Waals surface area contributed by atoms with Crippen molar-refractivity contribution in [1.82, 2.24) is 24.4 Å². The van der Waals surface area contributed by atoms with Gasteiger partial charge in [0.2, 0.25) is 0 Å². The zero-order valence-electron chi connectivity index (χ0n) is 18.3. The summed E-state index contributed by atoms with van der Waals surface area (Å²) in [6.07, 6.45) is 6.86. The summed E-state index contributed by atoms with van der Waals surface area (Å²) in [5, 5.41) is 0. The Bertz CT molecular complexity index is 1540. The van der Waals surface area contributed by atoms with E-state index in [1.165, 1.54) is 11.2 Å². The Balaban J connectivity index is 1.34. The summed E-state index contributed by atoms with van der Waals surface area (Å²) < 4.78 is 2.01. The Kier molecular flexibility index (Phi) is 4.55. The summed E-state index contributed by atoms with van der Waals surface area (Å²) in [5.41, 5.74) is 6.38. The van der Waals surface area contributed by atoms with E-state index in [9.17, 15) is 9.59 Å². The number of fused-ring (bicyclic) bond motifs is 2. The van der Waals surface area contributed by atoms with Gasteiger partial charge in [0.05, 0.1) is 28.2 Å². The van der Waals surface area contributed by atoms with Gasteiger partial charge in [0, 0.05) is 23.6 Å². The Labute approximate surface area is 195 Å². The predicted octanol–water partition coefficient (Wildman–Crippen LogP) is 4.84. The molecule has 0 spiro atoms. The van der Waals surface area contributed by atoms with Crippen LogP contribution in [0.2, 0.25) is 0 Å². The molecule has 6 rings (SSSR count). The van der Waals surface area contributed by atoms with Gasteiger partial charge < -0.3 is 0 Å². The van der Waals surface area contributed by atoms with Gasteiger partial charge in [-0.2, -0.15) is 0 Å². The van der Waals surface area contributed by atoms with E-state index < -0.39 is 6.04 Å². The number of nitrogens with zero attached hydrogens (tertiary/aromatic N) is 5. The topological polar surface area (TPSA) is 81.0 Å². The number of amides is 2. The van der Waals surface area contributed by atoms with Crippen LogP contribution in [0.1, 0.15) is 39.2 Å². The zero-order valence-corrected chi connectivity index (χ0v) is 18.3. The number of rotatable bonds is 4. The highest BCUT2D eigenvalue weighted by Gasteiger charge is 2.38. The molecule has 2 aromatic heterocycles. The Hall–Kier alpha value is -4.65. The second-order valence-corrected chi connectivity index (χ2v) is 8.24. The summed E-state index contributed by atoms with van der Waals surface area (Å²) in [7, 11) is 0. The van der Waals surface area contributed by atoms with Crippen LogP contribution in [0.25, 0.3) is 27.8 Å². The molecule has 7 heteroatoms. The summed E-state index contributed by atoms with van der Waals surface area (Å²) in [5.74, 6) is -0.527. The van der Waals surface area contributed by atoms with Gasteiger partial charge in [-0.15, -0.1) is 0 Å². The van der Waals surface area contributed by atoms with Crippen LogP contribution in [0, 0.1) is 0 Å². The lowest BCUT2D eigenvalue weighted by molar-refractivity contribution is 0.0595. The monoisotopic (exact) mass is 445 g/mol. The summed E-state index contributed by atoms with van der Waals surface area (Å²) in [6, 6.07) is 20.5. The number of carbonyl (C=O) groups is 2. The van der Waals surface area contributed by atoms with E-state index in [4.69, 9.17) is 0 Å². The number of carbonyl (C=O) groups excluding carboxylic acids is 2. The van der Waals surface area contributed by atoms with Gasteiger partial charge in [-0.05, 0) is 54.4 Å². The fourth-order valence-corrected chi connectivity index (χ4v) is 4.49. The Morgan fingerprint density at radius 3 is 2.26 bits per heavy atom. The first kappa shape index (κ1) is 20.0. The van der Waals surface area contributed by atoms with Crippen LogP contribution in [-0.4, -0.2) is 36.2 Å². The highest BCUT2D eigenvalue weighted by atomic mass is 16.2. The fourth-order valence-electron chi connectivity index (χ4n) is 4.49. The standard InChI is InChI=1S/C27H19N5O2/c1-17(32-26(33)22-7-2-3-8-23(22)27(32)34)18-9-10-25-24(12-18)30-16-31(25)21-6-4-5-19(11-21)20-13-28-15-29-14-20/h2-17H,1H3. The lowest BCUT2D eigenvalue weighted by Gasteiger charge is -2.23. The van der Waals surface area contributed by atoms with Crippen molar-refractivity contribution in [2.75, 3.05) is 0 Å². The molecule has 0 fully saturated rings. The first-order valence-corrected chi connectivity index (χ1v) is 10.9. The van der Waals surface area contributed by atoms with Crippen molar-refractivity contribution in [3.63, 3.8) is 0 Å². The third-order valence-electron chi connectivity index (χ3n) is 6.28. The van der Waals surface area contributed by atoms with Crippen LogP contribution in [0.4, 0.5) is 0 Å². The van der Waals surface area contributed by atoms with Crippen LogP contribution in [0.3, 0.4) is 0 Å². The molecule has 3 aromatic carbocycles. The fraction of sp³-hybridized carbons (Fsp3) is 0.0741. The highest BCUT2D eigenvalue weighted by molar-refractivity contribution is 6.21. The van der Waals surface area contributed by atoms with E-state index in [1.54, 1.807) is 43.0 Å². The van der Waals surface area contributed by atoms with Crippen LogP contribution in [0.5, 0.6) is 0 Å². The molecule has 0 saturated carbocycles. The molecule has 164 valence electrons. The van der Waals surface area contributed by atoms with E-state index in [0.717, 1.165) is 33.4 Å². The zero-order chi connectivity index (χ0) is 23.2. The van der Waals surface area contributed by atoms with Crippen molar-refractivity contribution in [2.45, 2.75) is 13.0 Å². The molecular formula is C27H19N5O2. The quantitative estimate of drug-likeness (QED) is 0.370. The summed E-state index contributed by atoms with van der Waals surface area (Å²) >= 11 is 0. The number of hydrogen-bond donors (Lipinski definition) is 0. The molecule has 1 aliphatic heterocycles. The maximum Gasteiger partial charge on any atom is 0.262 e. The number of hydrogen-bond acceptors (Lipinski definition) is 5. The molecule has 3 heterocycles. The third kappa shape index (κ3) is 3.09. The van der Waals surface area contributed by atoms with Crippen molar-refractivity contribution in [3.05, 3.63) is 108 Å². The SMILES string of the molecule is CC(c1ccc2c(c1)ncn2-c1cccc(-c2cncnc2)c1)N1C(=O)c2ccccc2C1=O. The number of imidazole rings is 1. The maximum atomic E-state index is 12.9. The average Bonchev–Trinajstić information content (AvgIpc) is 3.43. The molecule has 5 aromatic rings. The average molecular weight is 445 g/mol. The number of aromatic nitrogens is 4. The van der Waals surface area contributed by atoms with E-state index in [-0.39, 0.29) is 11.8 Å². The van der Waals surface area contributed by atoms with Crippen LogP contribution in [-0.2, 0) is 0 Å². The van der Waals surface area contributed by atoms with E-state index >= 15 is 0 Å². The second kappa shape index (κ2) is 7.74. The summed E-state index contributed by atoms with van der Waals surface area (Å²) in [6.45, 7) is 1.87. The van der Waals surface area contributed by atoms with Gasteiger partial charge >= 0.3 is 0 Å². The predicted molar refractivity (Wildman–Crippen MR) is 127 cm³/mol. The van der Waals surface area contributed by atoms with Crippen molar-refractivity contribution in [1.29, 1.82) is 0 Å². The van der Waals surface area contributed by atoms with Crippen LogP contribution >= 0.6 is 0 Å². The van der Waals surface area contributed by atoms with E-state index in [0.29, 0.717) is 11.1 Å². The van der Waals surface area contributed by atoms with Crippen molar-refractivity contribution >= 4 is 22.8 Å². The van der Waals surface area contributed by atoms with Crippen molar-refractivity contribution in [2.24, 2.45) is 0 Å². The molecular weight excluding hydrogens is 426 g/mol. The van der Waals surface area contributed by atoms with Gasteiger partial charge in [0.15, 0.2) is 0 Å². The molecule has 0 N–H and O–H groups in total. The maximum absolute atomic E-state index is 12.9. The van der Waals surface area contributed by atoms with E-state index in [2.05, 4.69) is 21.0 Å². The largest absolute Gasteiger partial charge is 0.299 e. The smallest absolute Gasteiger partial charge is 0.262 e. The molecule has 7 nitrogen and oxygen atoms in total. The summed E-state index contributed by atoms with van der Waals surface area (Å²) in [4.78, 5) is 39.9. The minimum absolute atomic E-state index is 0.263. The molecule has 1 atom stereocenters. The third-order valence-corrected chi connectivity index (χ3v) is 6.28. The highest BCUT2D eigenvalue weighted by Crippen LogP contribution is 2.32. The second-order valence-electron chi connectivity index (χ2n) is 8.24. The molecule has 1 aliphatic rings. The van der Waals surface area contributed by atoms with Crippen LogP contribution < -0.4 is 0 Å². The lowest BCUT2D eigenvalue weighted by atomic mass is 10.1. The van der Waals surface area contributed by atoms with Gasteiger partial charge in [0.25, 0.3) is 11.8 Å². The van der Waals surface area contributed by atoms with Crippen molar-refractivity contribution in [3.8, 4) is 16.8 Å². The van der Waals surface area contributed by atoms with Gasteiger partial charge in [-0.25, -0.2) is 15.0 Å². The molecule has 0 saturated heterocycles. The van der Waals surface area contributed by atoms with Gasteiger partial charge in [-0.1, -0.05) is 30.3 Å². The Morgan fingerprint density at radius 1 is 0.794 bits per heavy atom. The molecule has 0 aliphatic carbocycles. The van der Waals surface area contributed by atoms with E-state index in [1.807, 2.05) is 47.9 Å².